The highest BCUT2D eigenvalue weighted by Crippen LogP contribution is 2.20. The van der Waals surface area contributed by atoms with Crippen molar-refractivity contribution in [3.63, 3.8) is 0 Å². The predicted molar refractivity (Wildman–Crippen MR) is 58.8 cm³/mol. The Hall–Kier alpha value is -2.10. The summed E-state index contributed by atoms with van der Waals surface area (Å²) in [5, 5.41) is 9.43. The van der Waals surface area contributed by atoms with Gasteiger partial charge in [-0.3, -0.25) is 0 Å². The third-order valence-corrected chi connectivity index (χ3v) is 2.24. The van der Waals surface area contributed by atoms with Crippen molar-refractivity contribution in [1.29, 1.82) is 0 Å². The maximum atomic E-state index is 12.8. The Bertz CT molecular complexity index is 527. The number of benzene rings is 2. The Kier molecular flexibility index (Phi) is 3.23. The lowest BCUT2D eigenvalue weighted by atomic mass is 10.2. The van der Waals surface area contributed by atoms with Crippen molar-refractivity contribution in [1.82, 2.24) is 0 Å². The number of ether oxygens (including phenoxy) is 1. The molecule has 0 aliphatic carbocycles. The second-order valence-corrected chi connectivity index (χ2v) is 3.52. The molecule has 0 heterocycles. The van der Waals surface area contributed by atoms with Crippen LogP contribution in [0.1, 0.15) is 5.56 Å². The van der Waals surface area contributed by atoms with Gasteiger partial charge in [-0.1, -0.05) is 6.07 Å². The molecule has 0 atom stereocenters. The summed E-state index contributed by atoms with van der Waals surface area (Å²) in [5.41, 5.74) is 0.440. The van der Waals surface area contributed by atoms with Crippen LogP contribution in [0.25, 0.3) is 0 Å². The maximum Gasteiger partial charge on any atom is 0.126 e. The highest BCUT2D eigenvalue weighted by Gasteiger charge is 2.04. The van der Waals surface area contributed by atoms with Crippen LogP contribution in [0, 0.1) is 11.6 Å². The van der Waals surface area contributed by atoms with Crippen molar-refractivity contribution in [3.05, 3.63) is 59.7 Å². The maximum absolute atomic E-state index is 12.8. The minimum atomic E-state index is -0.517. The molecule has 2 aromatic rings. The van der Waals surface area contributed by atoms with E-state index in [9.17, 15) is 13.9 Å². The van der Waals surface area contributed by atoms with E-state index in [-0.39, 0.29) is 12.4 Å². The molecule has 17 heavy (non-hydrogen) atoms. The van der Waals surface area contributed by atoms with Crippen LogP contribution in [0.2, 0.25) is 0 Å². The van der Waals surface area contributed by atoms with Crippen LogP contribution in [-0.2, 0) is 6.61 Å². The number of halogens is 2. The van der Waals surface area contributed by atoms with Gasteiger partial charge in [-0.05, 0) is 24.3 Å². The first-order valence-corrected chi connectivity index (χ1v) is 5.01. The average Bonchev–Trinajstić information content (AvgIpc) is 2.28. The standard InChI is InChI=1S/C13H10F2O2/c14-10-2-1-3-12(6-10)17-8-9-4-5-11(15)7-13(9)16/h1-7,16H,8H2. The highest BCUT2D eigenvalue weighted by atomic mass is 19.1. The van der Waals surface area contributed by atoms with Gasteiger partial charge in [0.1, 0.15) is 29.7 Å². The average molecular weight is 236 g/mol. The SMILES string of the molecule is Oc1cc(F)ccc1COc1cccc(F)c1. The molecule has 0 unspecified atom stereocenters. The number of aromatic hydroxyl groups is 1. The van der Waals surface area contributed by atoms with Crippen molar-refractivity contribution in [3.8, 4) is 11.5 Å². The van der Waals surface area contributed by atoms with Gasteiger partial charge >= 0.3 is 0 Å². The molecule has 0 bridgehead atoms. The lowest BCUT2D eigenvalue weighted by Gasteiger charge is -2.07. The quantitative estimate of drug-likeness (QED) is 0.886. The van der Waals surface area contributed by atoms with Crippen molar-refractivity contribution in [2.45, 2.75) is 6.61 Å². The van der Waals surface area contributed by atoms with Gasteiger partial charge in [-0.15, -0.1) is 0 Å². The normalized spacial score (nSPS) is 10.2. The molecule has 0 aliphatic heterocycles. The molecule has 0 fully saturated rings. The summed E-state index contributed by atoms with van der Waals surface area (Å²) < 4.78 is 30.8. The molecule has 0 amide bonds. The Balaban J connectivity index is 2.07. The van der Waals surface area contributed by atoms with Crippen molar-refractivity contribution in [2.75, 3.05) is 0 Å². The molecule has 2 nitrogen and oxygen atoms in total. The second kappa shape index (κ2) is 4.82. The summed E-state index contributed by atoms with van der Waals surface area (Å²) in [6.07, 6.45) is 0. The zero-order valence-electron chi connectivity index (χ0n) is 8.86. The van der Waals surface area contributed by atoms with E-state index in [4.69, 9.17) is 4.74 Å². The lowest BCUT2D eigenvalue weighted by molar-refractivity contribution is 0.297. The minimum absolute atomic E-state index is 0.0512. The van der Waals surface area contributed by atoms with E-state index in [1.165, 1.54) is 30.3 Å². The molecular formula is C13H10F2O2. The Morgan fingerprint density at radius 1 is 1.00 bits per heavy atom. The fourth-order valence-electron chi connectivity index (χ4n) is 1.38. The van der Waals surface area contributed by atoms with Crippen LogP contribution < -0.4 is 4.74 Å². The second-order valence-electron chi connectivity index (χ2n) is 3.52. The van der Waals surface area contributed by atoms with Gasteiger partial charge in [0.25, 0.3) is 0 Å². The zero-order chi connectivity index (χ0) is 12.3. The molecule has 1 N–H and O–H groups in total. The molecule has 0 saturated carbocycles. The molecular weight excluding hydrogens is 226 g/mol. The molecule has 4 heteroatoms. The molecule has 2 rings (SSSR count). The Labute approximate surface area is 97.1 Å². The molecule has 0 aliphatic rings. The van der Waals surface area contributed by atoms with Gasteiger partial charge in [0.15, 0.2) is 0 Å². The fraction of sp³-hybridized carbons (Fsp3) is 0.0769. The summed E-state index contributed by atoms with van der Waals surface area (Å²) in [5.74, 6) is -0.738. The summed E-state index contributed by atoms with van der Waals surface area (Å²) in [7, 11) is 0. The Morgan fingerprint density at radius 2 is 1.76 bits per heavy atom. The fourth-order valence-corrected chi connectivity index (χ4v) is 1.38. The molecule has 88 valence electrons. The minimum Gasteiger partial charge on any atom is -0.507 e. The number of rotatable bonds is 3. The van der Waals surface area contributed by atoms with Crippen LogP contribution in [0.5, 0.6) is 11.5 Å². The van der Waals surface area contributed by atoms with E-state index in [1.807, 2.05) is 0 Å². The number of hydrogen-bond acceptors (Lipinski definition) is 2. The number of phenolic OH excluding ortho intramolecular Hbond substituents is 1. The number of phenols is 1. The Morgan fingerprint density at radius 3 is 2.47 bits per heavy atom. The number of hydrogen-bond donors (Lipinski definition) is 1. The summed E-state index contributed by atoms with van der Waals surface area (Å²) in [6.45, 7) is 0.0512. The molecule has 0 spiro atoms. The van der Waals surface area contributed by atoms with Crippen LogP contribution in [0.15, 0.2) is 42.5 Å². The monoisotopic (exact) mass is 236 g/mol. The topological polar surface area (TPSA) is 29.5 Å². The highest BCUT2D eigenvalue weighted by molar-refractivity contribution is 5.32. The first-order chi connectivity index (χ1) is 8.15. The van der Waals surface area contributed by atoms with E-state index < -0.39 is 11.6 Å². The predicted octanol–water partition coefficient (Wildman–Crippen LogP) is 3.25. The van der Waals surface area contributed by atoms with Crippen molar-refractivity contribution in [2.24, 2.45) is 0 Å². The van der Waals surface area contributed by atoms with E-state index in [0.29, 0.717) is 11.3 Å². The summed E-state index contributed by atoms with van der Waals surface area (Å²) in [6, 6.07) is 9.32. The molecule has 0 aromatic heterocycles. The van der Waals surface area contributed by atoms with Crippen LogP contribution in [0.4, 0.5) is 8.78 Å². The van der Waals surface area contributed by atoms with E-state index in [1.54, 1.807) is 6.07 Å². The molecule has 0 radical (unpaired) electrons. The van der Waals surface area contributed by atoms with Gasteiger partial charge < -0.3 is 9.84 Å². The first kappa shape index (κ1) is 11.4. The summed E-state index contributed by atoms with van der Waals surface area (Å²) in [4.78, 5) is 0. The first-order valence-electron chi connectivity index (χ1n) is 5.01. The summed E-state index contributed by atoms with van der Waals surface area (Å²) >= 11 is 0. The largest absolute Gasteiger partial charge is 0.507 e. The molecule has 0 saturated heterocycles. The smallest absolute Gasteiger partial charge is 0.126 e. The van der Waals surface area contributed by atoms with Gasteiger partial charge in [0, 0.05) is 17.7 Å². The van der Waals surface area contributed by atoms with Gasteiger partial charge in [0.05, 0.1) is 0 Å². The van der Waals surface area contributed by atoms with Gasteiger partial charge in [-0.2, -0.15) is 0 Å². The van der Waals surface area contributed by atoms with Crippen LogP contribution in [0.3, 0.4) is 0 Å². The van der Waals surface area contributed by atoms with E-state index >= 15 is 0 Å². The van der Waals surface area contributed by atoms with E-state index in [0.717, 1.165) is 6.07 Å². The van der Waals surface area contributed by atoms with Crippen LogP contribution >= 0.6 is 0 Å². The third kappa shape index (κ3) is 2.93. The molecule has 2 aromatic carbocycles. The van der Waals surface area contributed by atoms with Gasteiger partial charge in [0.2, 0.25) is 0 Å². The zero-order valence-corrected chi connectivity index (χ0v) is 8.86. The van der Waals surface area contributed by atoms with Gasteiger partial charge in [-0.25, -0.2) is 8.78 Å². The van der Waals surface area contributed by atoms with E-state index in [2.05, 4.69) is 0 Å². The van der Waals surface area contributed by atoms with Crippen LogP contribution in [-0.4, -0.2) is 5.11 Å². The lowest BCUT2D eigenvalue weighted by Crippen LogP contribution is -1.96. The third-order valence-electron chi connectivity index (χ3n) is 2.24. The van der Waals surface area contributed by atoms with Crippen molar-refractivity contribution < 1.29 is 18.6 Å². The van der Waals surface area contributed by atoms with Crippen molar-refractivity contribution >= 4 is 0 Å².